The molecule has 176 valence electrons. The van der Waals surface area contributed by atoms with Gasteiger partial charge < -0.3 is 18.6 Å². The van der Waals surface area contributed by atoms with E-state index in [0.29, 0.717) is 23.7 Å². The SMILES string of the molecule is COC(=O)c1cc2c(-c3ccc(-n4cnc(C)c4)c(OC)c3)nccc2n1Cc1ccc(F)cc1. The van der Waals surface area contributed by atoms with E-state index in [-0.39, 0.29) is 5.82 Å². The van der Waals surface area contributed by atoms with Gasteiger partial charge in [0.05, 0.1) is 43.1 Å². The molecule has 0 unspecified atom stereocenters. The van der Waals surface area contributed by atoms with Crippen molar-refractivity contribution in [1.29, 1.82) is 0 Å². The number of aromatic nitrogens is 4. The number of esters is 1. The first-order valence-corrected chi connectivity index (χ1v) is 11.0. The van der Waals surface area contributed by atoms with Crippen LogP contribution in [-0.4, -0.2) is 39.3 Å². The van der Waals surface area contributed by atoms with Crippen LogP contribution in [0.4, 0.5) is 4.39 Å². The number of pyridine rings is 1. The molecule has 0 radical (unpaired) electrons. The summed E-state index contributed by atoms with van der Waals surface area (Å²) < 4.78 is 27.9. The molecule has 7 nitrogen and oxygen atoms in total. The molecule has 0 spiro atoms. The molecule has 0 amide bonds. The highest BCUT2D eigenvalue weighted by Gasteiger charge is 2.20. The number of aryl methyl sites for hydroxylation is 1. The lowest BCUT2D eigenvalue weighted by Crippen LogP contribution is -2.11. The van der Waals surface area contributed by atoms with Gasteiger partial charge in [-0.2, -0.15) is 0 Å². The van der Waals surface area contributed by atoms with Crippen molar-refractivity contribution >= 4 is 16.9 Å². The average Bonchev–Trinajstić information content (AvgIpc) is 3.48. The minimum atomic E-state index is -0.460. The lowest BCUT2D eigenvalue weighted by atomic mass is 10.1. The van der Waals surface area contributed by atoms with E-state index in [1.54, 1.807) is 37.8 Å². The molecule has 3 aromatic heterocycles. The van der Waals surface area contributed by atoms with E-state index in [4.69, 9.17) is 9.47 Å². The van der Waals surface area contributed by atoms with E-state index in [2.05, 4.69) is 9.97 Å². The van der Waals surface area contributed by atoms with Crippen LogP contribution in [-0.2, 0) is 11.3 Å². The zero-order valence-electron chi connectivity index (χ0n) is 19.5. The molecule has 0 saturated carbocycles. The Bertz CT molecular complexity index is 1540. The second-order valence-corrected chi connectivity index (χ2v) is 8.14. The fraction of sp³-hybridized carbons (Fsp3) is 0.148. The number of nitrogens with zero attached hydrogens (tertiary/aromatic N) is 4. The molecule has 0 saturated heterocycles. The summed E-state index contributed by atoms with van der Waals surface area (Å²) in [5.41, 5.74) is 5.36. The van der Waals surface area contributed by atoms with Crippen LogP contribution in [0.3, 0.4) is 0 Å². The number of hydrogen-bond donors (Lipinski definition) is 0. The third-order valence-electron chi connectivity index (χ3n) is 5.92. The summed E-state index contributed by atoms with van der Waals surface area (Å²) in [6.45, 7) is 2.30. The molecule has 0 aliphatic carbocycles. The van der Waals surface area contributed by atoms with Crippen LogP contribution < -0.4 is 4.74 Å². The normalized spacial score (nSPS) is 11.1. The van der Waals surface area contributed by atoms with Gasteiger partial charge in [-0.1, -0.05) is 18.2 Å². The highest BCUT2D eigenvalue weighted by Crippen LogP contribution is 2.34. The largest absolute Gasteiger partial charge is 0.495 e. The smallest absolute Gasteiger partial charge is 0.354 e. The van der Waals surface area contributed by atoms with Gasteiger partial charge in [-0.25, -0.2) is 14.2 Å². The number of hydrogen-bond acceptors (Lipinski definition) is 5. The molecule has 5 rings (SSSR count). The van der Waals surface area contributed by atoms with E-state index < -0.39 is 5.97 Å². The van der Waals surface area contributed by atoms with Gasteiger partial charge >= 0.3 is 5.97 Å². The maximum atomic E-state index is 13.4. The summed E-state index contributed by atoms with van der Waals surface area (Å²) in [4.78, 5) is 21.6. The maximum absolute atomic E-state index is 13.4. The summed E-state index contributed by atoms with van der Waals surface area (Å²) in [7, 11) is 2.97. The molecule has 8 heteroatoms. The predicted molar refractivity (Wildman–Crippen MR) is 130 cm³/mol. The van der Waals surface area contributed by atoms with Gasteiger partial charge in [0.1, 0.15) is 17.3 Å². The quantitative estimate of drug-likeness (QED) is 0.320. The summed E-state index contributed by atoms with van der Waals surface area (Å²) in [6.07, 6.45) is 5.37. The Morgan fingerprint density at radius 2 is 1.83 bits per heavy atom. The zero-order valence-corrected chi connectivity index (χ0v) is 19.5. The van der Waals surface area contributed by atoms with Crippen LogP contribution in [0.25, 0.3) is 27.8 Å². The summed E-state index contributed by atoms with van der Waals surface area (Å²) >= 11 is 0. The number of halogens is 1. The van der Waals surface area contributed by atoms with Gasteiger partial charge in [-0.3, -0.25) is 4.98 Å². The third kappa shape index (κ3) is 4.14. The number of fused-ring (bicyclic) bond motifs is 1. The molecule has 0 aliphatic heterocycles. The number of ether oxygens (including phenoxy) is 2. The van der Waals surface area contributed by atoms with Crippen molar-refractivity contribution in [1.82, 2.24) is 19.1 Å². The van der Waals surface area contributed by atoms with Crippen molar-refractivity contribution in [3.63, 3.8) is 0 Å². The number of benzene rings is 2. The van der Waals surface area contributed by atoms with E-state index in [1.807, 2.05) is 46.5 Å². The first kappa shape index (κ1) is 22.3. The molecule has 2 aromatic carbocycles. The highest BCUT2D eigenvalue weighted by atomic mass is 19.1. The molecular formula is C27H23FN4O3. The Balaban J connectivity index is 1.64. The number of methoxy groups -OCH3 is 2. The molecule has 0 N–H and O–H groups in total. The van der Waals surface area contributed by atoms with Crippen molar-refractivity contribution in [2.45, 2.75) is 13.5 Å². The van der Waals surface area contributed by atoms with Crippen LogP contribution in [0.15, 0.2) is 73.3 Å². The lowest BCUT2D eigenvalue weighted by Gasteiger charge is -2.12. The minimum Gasteiger partial charge on any atom is -0.495 e. The molecule has 0 atom stereocenters. The van der Waals surface area contributed by atoms with Crippen LogP contribution in [0.1, 0.15) is 21.7 Å². The van der Waals surface area contributed by atoms with E-state index >= 15 is 0 Å². The Hall–Kier alpha value is -4.46. The van der Waals surface area contributed by atoms with Crippen LogP contribution in [0.5, 0.6) is 5.75 Å². The van der Waals surface area contributed by atoms with Crippen LogP contribution in [0, 0.1) is 12.7 Å². The molecule has 0 fully saturated rings. The van der Waals surface area contributed by atoms with Crippen LogP contribution >= 0.6 is 0 Å². The van der Waals surface area contributed by atoms with Gasteiger partial charge in [0.15, 0.2) is 0 Å². The second-order valence-electron chi connectivity index (χ2n) is 8.14. The van der Waals surface area contributed by atoms with Gasteiger partial charge in [-0.15, -0.1) is 0 Å². The Morgan fingerprint density at radius 3 is 2.51 bits per heavy atom. The fourth-order valence-corrected chi connectivity index (χ4v) is 4.22. The van der Waals surface area contributed by atoms with Crippen molar-refractivity contribution in [2.75, 3.05) is 14.2 Å². The number of imidazole rings is 1. The number of rotatable bonds is 6. The van der Waals surface area contributed by atoms with Gasteiger partial charge in [0.25, 0.3) is 0 Å². The summed E-state index contributed by atoms with van der Waals surface area (Å²) in [5, 5.41) is 0.795. The first-order chi connectivity index (χ1) is 17.0. The van der Waals surface area contributed by atoms with Crippen molar-refractivity contribution in [3.8, 4) is 22.7 Å². The topological polar surface area (TPSA) is 71.2 Å². The summed E-state index contributed by atoms with van der Waals surface area (Å²) in [5.74, 6) is -0.107. The van der Waals surface area contributed by atoms with E-state index in [1.165, 1.54) is 19.2 Å². The molecule has 35 heavy (non-hydrogen) atoms. The minimum absolute atomic E-state index is 0.311. The van der Waals surface area contributed by atoms with Gasteiger partial charge in [-0.05, 0) is 48.9 Å². The first-order valence-electron chi connectivity index (χ1n) is 11.0. The Kier molecular flexibility index (Phi) is 5.78. The molecule has 3 heterocycles. The second kappa shape index (κ2) is 9.06. The molecule has 0 aliphatic rings. The molecular weight excluding hydrogens is 447 g/mol. The average molecular weight is 471 g/mol. The number of carbonyl (C=O) groups is 1. The lowest BCUT2D eigenvalue weighted by molar-refractivity contribution is 0.0589. The van der Waals surface area contributed by atoms with Crippen molar-refractivity contribution < 1.29 is 18.7 Å². The standard InChI is InChI=1S/C27H23FN4O3/c1-17-14-31(16-30-17)23-9-6-19(12-25(23)34-2)26-21-13-24(27(33)35-3)32(22(21)10-11-29-26)15-18-4-7-20(28)8-5-18/h4-14,16H,15H2,1-3H3. The van der Waals surface area contributed by atoms with E-state index in [9.17, 15) is 9.18 Å². The predicted octanol–water partition coefficient (Wildman–Crippen LogP) is 5.18. The van der Waals surface area contributed by atoms with Crippen molar-refractivity contribution in [3.05, 3.63) is 96.1 Å². The van der Waals surface area contributed by atoms with E-state index in [0.717, 1.165) is 33.4 Å². The Morgan fingerprint density at radius 1 is 1.03 bits per heavy atom. The Labute approximate surface area is 201 Å². The van der Waals surface area contributed by atoms with Crippen LogP contribution in [0.2, 0.25) is 0 Å². The maximum Gasteiger partial charge on any atom is 0.354 e. The number of carbonyl (C=O) groups excluding carboxylic acids is 1. The molecule has 5 aromatic rings. The zero-order chi connectivity index (χ0) is 24.5. The fourth-order valence-electron chi connectivity index (χ4n) is 4.22. The third-order valence-corrected chi connectivity index (χ3v) is 5.92. The monoisotopic (exact) mass is 470 g/mol. The summed E-state index contributed by atoms with van der Waals surface area (Å²) in [6, 6.07) is 15.7. The van der Waals surface area contributed by atoms with Gasteiger partial charge in [0, 0.05) is 29.9 Å². The molecule has 0 bridgehead atoms. The van der Waals surface area contributed by atoms with Crippen molar-refractivity contribution in [2.24, 2.45) is 0 Å². The highest BCUT2D eigenvalue weighted by molar-refractivity contribution is 6.01. The van der Waals surface area contributed by atoms with Gasteiger partial charge in [0.2, 0.25) is 0 Å².